The number of amides is 2. The quantitative estimate of drug-likeness (QED) is 0.320. The van der Waals surface area contributed by atoms with Crippen molar-refractivity contribution in [3.63, 3.8) is 0 Å². The minimum Gasteiger partial charge on any atom is -0.477 e. The zero-order valence-corrected chi connectivity index (χ0v) is 19.1. The van der Waals surface area contributed by atoms with E-state index in [9.17, 15) is 29.1 Å². The number of fused-ring (bicyclic) bond motifs is 2. The Morgan fingerprint density at radius 3 is 2.65 bits per heavy atom. The number of β-lactam (4-membered cyclic amide) rings is 1. The maximum atomic E-state index is 13.1. The number of carboxylic acid groups (broad SMARTS) is 1. The highest BCUT2D eigenvalue weighted by Gasteiger charge is 2.66. The van der Waals surface area contributed by atoms with Crippen LogP contribution in [0.15, 0.2) is 52.6 Å². The van der Waals surface area contributed by atoms with E-state index >= 15 is 0 Å². The summed E-state index contributed by atoms with van der Waals surface area (Å²) in [6.07, 6.45) is 1.49. The van der Waals surface area contributed by atoms with Crippen molar-refractivity contribution in [2.24, 2.45) is 0 Å². The molecule has 0 bridgehead atoms. The molecular formula is C22H21N3O8S. The number of ether oxygens (including phenoxy) is 2. The number of hydrogen-bond donors (Lipinski definition) is 2. The Morgan fingerprint density at radius 2 is 1.97 bits per heavy atom. The lowest BCUT2D eigenvalue weighted by Gasteiger charge is -2.55. The summed E-state index contributed by atoms with van der Waals surface area (Å²) < 4.78 is 11.9. The molecule has 2 atom stereocenters. The van der Waals surface area contributed by atoms with Gasteiger partial charge < -0.3 is 24.5 Å². The highest BCUT2D eigenvalue weighted by atomic mass is 32.2. The number of aliphatic carboxylic acids is 1. The molecule has 1 aromatic heterocycles. The van der Waals surface area contributed by atoms with Crippen LogP contribution in [0.5, 0.6) is 0 Å². The summed E-state index contributed by atoms with van der Waals surface area (Å²) in [6.45, 7) is 0.744. The zero-order valence-electron chi connectivity index (χ0n) is 18.3. The van der Waals surface area contributed by atoms with Crippen LogP contribution < -0.4 is 10.7 Å². The van der Waals surface area contributed by atoms with Gasteiger partial charge in [0, 0.05) is 43.0 Å². The summed E-state index contributed by atoms with van der Waals surface area (Å²) in [5.41, 5.74) is -1.40. The molecule has 1 fully saturated rings. The van der Waals surface area contributed by atoms with Gasteiger partial charge in [-0.25, -0.2) is 4.79 Å². The number of carboxylic acids is 1. The Balaban J connectivity index is 1.57. The van der Waals surface area contributed by atoms with E-state index in [-0.39, 0.29) is 35.6 Å². The maximum absolute atomic E-state index is 13.1. The van der Waals surface area contributed by atoms with Gasteiger partial charge >= 0.3 is 11.9 Å². The van der Waals surface area contributed by atoms with Gasteiger partial charge in [0.1, 0.15) is 24.2 Å². The molecule has 2 N–H and O–H groups in total. The highest BCUT2D eigenvalue weighted by molar-refractivity contribution is 8.00. The fraction of sp³-hybridized carbons (Fsp3) is 0.318. The van der Waals surface area contributed by atoms with E-state index < -0.39 is 34.9 Å². The second-order valence-corrected chi connectivity index (χ2v) is 8.76. The Bertz CT molecular complexity index is 1300. The van der Waals surface area contributed by atoms with Crippen LogP contribution in [0.2, 0.25) is 0 Å². The number of para-hydroxylation sites is 1. The number of pyridine rings is 1. The van der Waals surface area contributed by atoms with Crippen LogP contribution >= 0.6 is 11.8 Å². The molecule has 0 radical (unpaired) electrons. The van der Waals surface area contributed by atoms with Crippen LogP contribution in [0.4, 0.5) is 0 Å². The summed E-state index contributed by atoms with van der Waals surface area (Å²) in [5.74, 6) is -3.07. The largest absolute Gasteiger partial charge is 0.477 e. The Hall–Kier alpha value is -3.64. The summed E-state index contributed by atoms with van der Waals surface area (Å²) >= 11 is 1.19. The third kappa shape index (κ3) is 3.84. The number of carbonyl (C=O) groups excluding carboxylic acids is 3. The minimum atomic E-state index is -1.76. The van der Waals surface area contributed by atoms with Crippen molar-refractivity contribution in [3.05, 3.63) is 58.0 Å². The standard InChI is InChI=1S/C22H21N3O8S/c1-12(26)33-10-13-11-34-21-22(32-2,20(31)25(21)18(13)19(29)30)23-17(28)9-24-8-7-16(27)14-5-3-4-6-15(14)24/h3-8,21H,9-11H2,1-2H3,(H,23,28)(H,29,30)/t21-,22+/m1/s1. The van der Waals surface area contributed by atoms with Gasteiger partial charge in [-0.3, -0.25) is 24.1 Å². The van der Waals surface area contributed by atoms with Crippen LogP contribution in [0.3, 0.4) is 0 Å². The van der Waals surface area contributed by atoms with Gasteiger partial charge in [0.2, 0.25) is 5.91 Å². The molecule has 12 heteroatoms. The van der Waals surface area contributed by atoms with Crippen molar-refractivity contribution in [2.75, 3.05) is 19.5 Å². The molecular weight excluding hydrogens is 466 g/mol. The summed E-state index contributed by atoms with van der Waals surface area (Å²) in [7, 11) is 1.25. The molecule has 1 saturated heterocycles. The van der Waals surface area contributed by atoms with E-state index in [0.717, 1.165) is 4.90 Å². The number of aromatic nitrogens is 1. The second kappa shape index (κ2) is 8.95. The topological polar surface area (TPSA) is 144 Å². The first-order valence-corrected chi connectivity index (χ1v) is 11.2. The minimum absolute atomic E-state index is 0.161. The lowest BCUT2D eigenvalue weighted by molar-refractivity contribution is -0.192. The fourth-order valence-corrected chi connectivity index (χ4v) is 5.46. The number of benzene rings is 1. The predicted octanol–water partition coefficient (Wildman–Crippen LogP) is 0.277. The number of hydrogen-bond acceptors (Lipinski definition) is 8. The Morgan fingerprint density at radius 1 is 1.24 bits per heavy atom. The number of rotatable bonds is 7. The first kappa shape index (κ1) is 23.5. The molecule has 2 aliphatic heterocycles. The molecule has 4 rings (SSSR count). The molecule has 0 spiro atoms. The maximum Gasteiger partial charge on any atom is 0.352 e. The Labute approximate surface area is 197 Å². The van der Waals surface area contributed by atoms with E-state index in [1.165, 1.54) is 38.1 Å². The van der Waals surface area contributed by atoms with Crippen molar-refractivity contribution in [3.8, 4) is 0 Å². The van der Waals surface area contributed by atoms with Gasteiger partial charge in [0.25, 0.3) is 11.6 Å². The molecule has 3 heterocycles. The van der Waals surface area contributed by atoms with E-state index in [1.54, 1.807) is 28.8 Å². The number of esters is 1. The van der Waals surface area contributed by atoms with Crippen molar-refractivity contribution in [1.82, 2.24) is 14.8 Å². The fourth-order valence-electron chi connectivity index (χ4n) is 4.04. The van der Waals surface area contributed by atoms with Gasteiger partial charge in [-0.1, -0.05) is 12.1 Å². The lowest BCUT2D eigenvalue weighted by Crippen LogP contribution is -2.80. The molecule has 2 aromatic rings. The van der Waals surface area contributed by atoms with Crippen molar-refractivity contribution >= 4 is 46.4 Å². The first-order chi connectivity index (χ1) is 16.2. The van der Waals surface area contributed by atoms with E-state index in [4.69, 9.17) is 9.47 Å². The number of methoxy groups -OCH3 is 1. The van der Waals surface area contributed by atoms with Gasteiger partial charge in [-0.05, 0) is 12.1 Å². The molecule has 11 nitrogen and oxygen atoms in total. The van der Waals surface area contributed by atoms with Gasteiger partial charge in [-0.15, -0.1) is 11.8 Å². The molecule has 0 aliphatic carbocycles. The summed E-state index contributed by atoms with van der Waals surface area (Å²) in [6, 6.07) is 8.18. The van der Waals surface area contributed by atoms with E-state index in [2.05, 4.69) is 5.32 Å². The molecule has 0 saturated carbocycles. The average Bonchev–Trinajstić information content (AvgIpc) is 2.82. The third-order valence-electron chi connectivity index (χ3n) is 5.61. The second-order valence-electron chi connectivity index (χ2n) is 7.69. The first-order valence-electron chi connectivity index (χ1n) is 10.2. The Kier molecular flexibility index (Phi) is 6.19. The normalized spacial score (nSPS) is 21.6. The molecule has 0 unspecified atom stereocenters. The SMILES string of the molecule is CO[C@@]1(NC(=O)Cn2ccc(=O)c3ccccc32)C(=O)N2C(C(=O)O)=C(COC(C)=O)CS[C@@H]21. The van der Waals surface area contributed by atoms with Crippen LogP contribution in [-0.2, 0) is 35.2 Å². The van der Waals surface area contributed by atoms with Gasteiger partial charge in [-0.2, -0.15) is 0 Å². The summed E-state index contributed by atoms with van der Waals surface area (Å²) in [4.78, 5) is 62.2. The number of nitrogens with zero attached hydrogens (tertiary/aromatic N) is 2. The zero-order chi connectivity index (χ0) is 24.6. The van der Waals surface area contributed by atoms with Crippen molar-refractivity contribution in [2.45, 2.75) is 24.6 Å². The van der Waals surface area contributed by atoms with Crippen LogP contribution in [0.25, 0.3) is 10.9 Å². The van der Waals surface area contributed by atoms with E-state index in [1.807, 2.05) is 0 Å². The number of nitrogens with one attached hydrogen (secondary N) is 1. The average molecular weight is 487 g/mol. The predicted molar refractivity (Wildman–Crippen MR) is 120 cm³/mol. The van der Waals surface area contributed by atoms with E-state index in [0.29, 0.717) is 10.9 Å². The number of carbonyl (C=O) groups is 4. The number of thioether (sulfide) groups is 1. The lowest BCUT2D eigenvalue weighted by atomic mass is 9.98. The van der Waals surface area contributed by atoms with Crippen molar-refractivity contribution in [1.29, 1.82) is 0 Å². The van der Waals surface area contributed by atoms with Crippen LogP contribution in [0, 0.1) is 0 Å². The highest BCUT2D eigenvalue weighted by Crippen LogP contribution is 2.46. The van der Waals surface area contributed by atoms with Gasteiger partial charge in [0.05, 0.1) is 5.52 Å². The molecule has 2 amide bonds. The molecule has 34 heavy (non-hydrogen) atoms. The molecule has 2 aliphatic rings. The van der Waals surface area contributed by atoms with Crippen LogP contribution in [-0.4, -0.2) is 68.9 Å². The van der Waals surface area contributed by atoms with Gasteiger partial charge in [0.15, 0.2) is 5.43 Å². The third-order valence-corrected chi connectivity index (χ3v) is 6.98. The molecule has 1 aromatic carbocycles. The smallest absolute Gasteiger partial charge is 0.352 e. The van der Waals surface area contributed by atoms with Crippen molar-refractivity contribution < 1.29 is 33.8 Å². The molecule has 178 valence electrons. The van der Waals surface area contributed by atoms with Crippen LogP contribution in [0.1, 0.15) is 6.92 Å². The summed E-state index contributed by atoms with van der Waals surface area (Å²) in [5, 5.41) is 11.9. The monoisotopic (exact) mass is 487 g/mol.